The van der Waals surface area contributed by atoms with Crippen molar-refractivity contribution in [2.75, 3.05) is 6.61 Å². The molecule has 84 valence electrons. The van der Waals surface area contributed by atoms with Crippen LogP contribution in [0, 0.1) is 5.92 Å². The molecule has 0 aromatic rings. The zero-order chi connectivity index (χ0) is 10.8. The van der Waals surface area contributed by atoms with Crippen LogP contribution in [0.25, 0.3) is 0 Å². The van der Waals surface area contributed by atoms with E-state index in [1.54, 1.807) is 0 Å². The van der Waals surface area contributed by atoms with Gasteiger partial charge in [0.2, 0.25) is 0 Å². The summed E-state index contributed by atoms with van der Waals surface area (Å²) in [5, 5.41) is 0. The van der Waals surface area contributed by atoms with Crippen LogP contribution in [0.5, 0.6) is 0 Å². The number of nitrogens with zero attached hydrogens (tertiary/aromatic N) is 1. The molecule has 3 atom stereocenters. The number of carbonyl (C=O) groups is 1. The van der Waals surface area contributed by atoms with Crippen LogP contribution in [0.3, 0.4) is 0 Å². The Morgan fingerprint density at radius 3 is 3.07 bits per heavy atom. The van der Waals surface area contributed by atoms with Gasteiger partial charge in [-0.2, -0.15) is 0 Å². The third-order valence-corrected chi connectivity index (χ3v) is 3.61. The Morgan fingerprint density at radius 1 is 1.60 bits per heavy atom. The van der Waals surface area contributed by atoms with E-state index >= 15 is 0 Å². The van der Waals surface area contributed by atoms with E-state index in [2.05, 4.69) is 6.58 Å². The average molecular weight is 209 g/mol. The van der Waals surface area contributed by atoms with Gasteiger partial charge >= 0.3 is 6.09 Å². The molecular formula is C12H19NO2. The second kappa shape index (κ2) is 4.25. The largest absolute Gasteiger partial charge is 0.450 e. The van der Waals surface area contributed by atoms with E-state index in [0.717, 1.165) is 19.3 Å². The first-order valence-electron chi connectivity index (χ1n) is 5.85. The Labute approximate surface area is 91.1 Å². The molecule has 0 radical (unpaired) electrons. The summed E-state index contributed by atoms with van der Waals surface area (Å²) in [7, 11) is 0. The van der Waals surface area contributed by atoms with Gasteiger partial charge in [0, 0.05) is 12.1 Å². The van der Waals surface area contributed by atoms with Crippen LogP contribution in [-0.2, 0) is 4.74 Å². The maximum atomic E-state index is 11.8. The number of ether oxygens (including phenoxy) is 1. The third kappa shape index (κ3) is 1.75. The molecule has 2 rings (SSSR count). The molecule has 3 unspecified atom stereocenters. The Bertz CT molecular complexity index is 264. The molecule has 0 aromatic heterocycles. The topological polar surface area (TPSA) is 29.5 Å². The number of hydrogen-bond donors (Lipinski definition) is 0. The van der Waals surface area contributed by atoms with Gasteiger partial charge in [-0.15, -0.1) is 6.58 Å². The highest BCUT2D eigenvalue weighted by molar-refractivity contribution is 5.69. The number of hydrogen-bond acceptors (Lipinski definition) is 2. The Morgan fingerprint density at radius 2 is 2.40 bits per heavy atom. The maximum Gasteiger partial charge on any atom is 0.410 e. The van der Waals surface area contributed by atoms with Crippen molar-refractivity contribution in [3.63, 3.8) is 0 Å². The lowest BCUT2D eigenvalue weighted by molar-refractivity contribution is 0.0711. The van der Waals surface area contributed by atoms with Crippen LogP contribution >= 0.6 is 0 Å². The Hall–Kier alpha value is -0.990. The first-order chi connectivity index (χ1) is 7.27. The van der Waals surface area contributed by atoms with Gasteiger partial charge in [-0.1, -0.05) is 6.08 Å². The summed E-state index contributed by atoms with van der Waals surface area (Å²) in [6.45, 7) is 6.19. The summed E-state index contributed by atoms with van der Waals surface area (Å²) in [6.07, 6.45) is 6.41. The predicted octanol–water partition coefficient (Wildman–Crippen LogP) is 2.57. The van der Waals surface area contributed by atoms with Gasteiger partial charge in [-0.05, 0) is 38.5 Å². The Balaban J connectivity index is 2.11. The quantitative estimate of drug-likeness (QED) is 0.654. The smallest absolute Gasteiger partial charge is 0.410 e. The van der Waals surface area contributed by atoms with Crippen LogP contribution in [-0.4, -0.2) is 29.7 Å². The van der Waals surface area contributed by atoms with Crippen molar-refractivity contribution in [3.8, 4) is 0 Å². The molecule has 2 aliphatic rings. The zero-order valence-corrected chi connectivity index (χ0v) is 9.32. The molecule has 3 nitrogen and oxygen atoms in total. The summed E-state index contributed by atoms with van der Waals surface area (Å²) in [5.74, 6) is 0.474. The minimum Gasteiger partial charge on any atom is -0.450 e. The summed E-state index contributed by atoms with van der Waals surface area (Å²) in [6, 6.07) is 0.742. The first-order valence-corrected chi connectivity index (χ1v) is 5.85. The second-order valence-corrected chi connectivity index (χ2v) is 4.39. The van der Waals surface area contributed by atoms with Crippen LogP contribution in [0.15, 0.2) is 12.7 Å². The highest BCUT2D eigenvalue weighted by Gasteiger charge is 2.45. The summed E-state index contributed by atoms with van der Waals surface area (Å²) < 4.78 is 5.11. The maximum absolute atomic E-state index is 11.8. The molecule has 2 fully saturated rings. The van der Waals surface area contributed by atoms with Crippen LogP contribution < -0.4 is 0 Å². The molecule has 2 bridgehead atoms. The lowest BCUT2D eigenvalue weighted by Crippen LogP contribution is -2.45. The second-order valence-electron chi connectivity index (χ2n) is 4.39. The van der Waals surface area contributed by atoms with E-state index < -0.39 is 0 Å². The van der Waals surface area contributed by atoms with Gasteiger partial charge in [0.15, 0.2) is 0 Å². The fourth-order valence-corrected chi connectivity index (χ4v) is 2.97. The van der Waals surface area contributed by atoms with Gasteiger partial charge in [-0.3, -0.25) is 0 Å². The van der Waals surface area contributed by atoms with Gasteiger partial charge in [0.1, 0.15) is 0 Å². The van der Waals surface area contributed by atoms with Crippen molar-refractivity contribution in [2.45, 2.75) is 44.7 Å². The van der Waals surface area contributed by atoms with Crippen LogP contribution in [0.1, 0.15) is 32.6 Å². The molecule has 0 aromatic carbocycles. The standard InChI is InChI=1S/C12H19NO2/c1-3-9-8-10-6-5-7-11(9)13(10)12(14)15-4-2/h3,9-11H,1,4-8H2,2H3. The molecule has 2 aliphatic heterocycles. The minimum absolute atomic E-state index is 0.128. The van der Waals surface area contributed by atoms with Gasteiger partial charge < -0.3 is 9.64 Å². The summed E-state index contributed by atoms with van der Waals surface area (Å²) in [5.41, 5.74) is 0. The monoisotopic (exact) mass is 209 g/mol. The van der Waals surface area contributed by atoms with Crippen molar-refractivity contribution >= 4 is 6.09 Å². The molecule has 0 aliphatic carbocycles. The average Bonchev–Trinajstić information content (AvgIpc) is 2.46. The van der Waals surface area contributed by atoms with Gasteiger partial charge in [0.25, 0.3) is 0 Å². The molecule has 0 saturated carbocycles. The highest BCUT2D eigenvalue weighted by atomic mass is 16.6. The van der Waals surface area contributed by atoms with E-state index in [1.165, 1.54) is 6.42 Å². The van der Waals surface area contributed by atoms with Crippen molar-refractivity contribution in [3.05, 3.63) is 12.7 Å². The predicted molar refractivity (Wildman–Crippen MR) is 58.6 cm³/mol. The number of carbonyl (C=O) groups excluding carboxylic acids is 1. The minimum atomic E-state index is -0.128. The van der Waals surface area contributed by atoms with E-state index in [1.807, 2.05) is 17.9 Å². The number of piperidine rings is 1. The van der Waals surface area contributed by atoms with Crippen molar-refractivity contribution in [1.29, 1.82) is 0 Å². The van der Waals surface area contributed by atoms with Crippen LogP contribution in [0.4, 0.5) is 4.79 Å². The molecule has 0 N–H and O–H groups in total. The first kappa shape index (κ1) is 10.5. The lowest BCUT2D eigenvalue weighted by Gasteiger charge is -2.34. The van der Waals surface area contributed by atoms with E-state index in [0.29, 0.717) is 24.6 Å². The molecule has 2 saturated heterocycles. The van der Waals surface area contributed by atoms with Crippen molar-refractivity contribution in [2.24, 2.45) is 5.92 Å². The normalized spacial score (nSPS) is 33.9. The third-order valence-electron chi connectivity index (χ3n) is 3.61. The van der Waals surface area contributed by atoms with Crippen molar-refractivity contribution < 1.29 is 9.53 Å². The molecule has 2 heterocycles. The lowest BCUT2D eigenvalue weighted by atomic mass is 9.98. The van der Waals surface area contributed by atoms with Crippen LogP contribution in [0.2, 0.25) is 0 Å². The highest BCUT2D eigenvalue weighted by Crippen LogP contribution is 2.40. The number of rotatable bonds is 2. The fraction of sp³-hybridized carbons (Fsp3) is 0.750. The molecule has 0 spiro atoms. The van der Waals surface area contributed by atoms with Crippen molar-refractivity contribution in [1.82, 2.24) is 4.90 Å². The van der Waals surface area contributed by atoms with E-state index in [-0.39, 0.29) is 6.09 Å². The van der Waals surface area contributed by atoms with E-state index in [9.17, 15) is 4.79 Å². The SMILES string of the molecule is C=CC1CC2CCCC1N2C(=O)OCC. The number of amides is 1. The molecular weight excluding hydrogens is 190 g/mol. The van der Waals surface area contributed by atoms with Gasteiger partial charge in [0.05, 0.1) is 6.61 Å². The number of fused-ring (bicyclic) bond motifs is 2. The molecule has 1 amide bonds. The Kier molecular flexibility index (Phi) is 2.98. The van der Waals surface area contributed by atoms with Gasteiger partial charge in [-0.25, -0.2) is 4.79 Å². The van der Waals surface area contributed by atoms with E-state index in [4.69, 9.17) is 4.74 Å². The molecule has 3 heteroatoms. The molecule has 15 heavy (non-hydrogen) atoms. The summed E-state index contributed by atoms with van der Waals surface area (Å²) in [4.78, 5) is 13.7. The summed E-state index contributed by atoms with van der Waals surface area (Å²) >= 11 is 0. The zero-order valence-electron chi connectivity index (χ0n) is 9.32. The fourth-order valence-electron chi connectivity index (χ4n) is 2.97.